The Hall–Kier alpha value is -1.20. The van der Waals surface area contributed by atoms with E-state index in [4.69, 9.17) is 11.6 Å². The van der Waals surface area contributed by atoms with Gasteiger partial charge in [-0.3, -0.25) is 0 Å². The SMILES string of the molecule is CC(Cl)c1nc2ccc(F)c(F)c2n1CC1CCN(C)C1. The lowest BCUT2D eigenvalue weighted by Gasteiger charge is -2.16. The molecule has 0 amide bonds. The second kappa shape index (κ2) is 5.54. The summed E-state index contributed by atoms with van der Waals surface area (Å²) in [6, 6.07) is 2.62. The van der Waals surface area contributed by atoms with Crippen molar-refractivity contribution in [2.75, 3.05) is 20.1 Å². The number of hydrogen-bond donors (Lipinski definition) is 0. The number of nitrogens with zero attached hydrogens (tertiary/aromatic N) is 3. The molecule has 2 aromatic rings. The number of halogens is 3. The molecule has 0 aliphatic carbocycles. The summed E-state index contributed by atoms with van der Waals surface area (Å²) < 4.78 is 29.5. The highest BCUT2D eigenvalue weighted by Gasteiger charge is 2.25. The van der Waals surface area contributed by atoms with Gasteiger partial charge in [0.25, 0.3) is 0 Å². The number of fused-ring (bicyclic) bond motifs is 1. The molecule has 114 valence electrons. The first-order valence-corrected chi connectivity index (χ1v) is 7.57. The topological polar surface area (TPSA) is 21.1 Å². The van der Waals surface area contributed by atoms with E-state index in [1.807, 2.05) is 0 Å². The molecule has 6 heteroatoms. The fraction of sp³-hybridized carbons (Fsp3) is 0.533. The Balaban J connectivity index is 2.09. The van der Waals surface area contributed by atoms with Gasteiger partial charge in [0.05, 0.1) is 10.9 Å². The van der Waals surface area contributed by atoms with E-state index in [1.54, 1.807) is 11.5 Å². The summed E-state index contributed by atoms with van der Waals surface area (Å²) in [7, 11) is 2.07. The Bertz CT molecular complexity index is 668. The van der Waals surface area contributed by atoms with Gasteiger partial charge >= 0.3 is 0 Å². The van der Waals surface area contributed by atoms with Crippen molar-refractivity contribution in [1.29, 1.82) is 0 Å². The monoisotopic (exact) mass is 313 g/mol. The van der Waals surface area contributed by atoms with Crippen LogP contribution in [0.3, 0.4) is 0 Å². The van der Waals surface area contributed by atoms with Gasteiger partial charge in [-0.15, -0.1) is 11.6 Å². The quantitative estimate of drug-likeness (QED) is 0.808. The van der Waals surface area contributed by atoms with Crippen molar-refractivity contribution in [3.05, 3.63) is 29.6 Å². The first-order valence-electron chi connectivity index (χ1n) is 7.14. The zero-order valence-corrected chi connectivity index (χ0v) is 12.9. The van der Waals surface area contributed by atoms with Crippen molar-refractivity contribution in [2.45, 2.75) is 25.3 Å². The molecule has 2 unspecified atom stereocenters. The van der Waals surface area contributed by atoms with Crippen molar-refractivity contribution in [3.8, 4) is 0 Å². The minimum Gasteiger partial charge on any atom is -0.324 e. The minimum atomic E-state index is -0.846. The predicted molar refractivity (Wildman–Crippen MR) is 79.5 cm³/mol. The Kier molecular flexibility index (Phi) is 3.88. The fourth-order valence-corrected chi connectivity index (χ4v) is 3.26. The van der Waals surface area contributed by atoms with Crippen LogP contribution in [0, 0.1) is 17.6 Å². The zero-order valence-electron chi connectivity index (χ0n) is 12.1. The molecule has 1 aliphatic heterocycles. The Morgan fingerprint density at radius 2 is 2.19 bits per heavy atom. The van der Waals surface area contributed by atoms with E-state index in [0.29, 0.717) is 23.8 Å². The van der Waals surface area contributed by atoms with Gasteiger partial charge < -0.3 is 9.47 Å². The second-order valence-electron chi connectivity index (χ2n) is 5.84. The van der Waals surface area contributed by atoms with Crippen molar-refractivity contribution in [1.82, 2.24) is 14.5 Å². The van der Waals surface area contributed by atoms with Gasteiger partial charge in [0.1, 0.15) is 11.3 Å². The van der Waals surface area contributed by atoms with Crippen LogP contribution >= 0.6 is 11.6 Å². The van der Waals surface area contributed by atoms with Gasteiger partial charge in [0.15, 0.2) is 11.6 Å². The number of rotatable bonds is 3. The molecule has 2 atom stereocenters. The highest BCUT2D eigenvalue weighted by atomic mass is 35.5. The van der Waals surface area contributed by atoms with E-state index in [-0.39, 0.29) is 10.9 Å². The molecule has 3 rings (SSSR count). The normalized spacial score (nSPS) is 21.3. The first kappa shape index (κ1) is 14.7. The minimum absolute atomic E-state index is 0.229. The summed E-state index contributed by atoms with van der Waals surface area (Å²) in [6.07, 6.45) is 1.04. The second-order valence-corrected chi connectivity index (χ2v) is 6.50. The van der Waals surface area contributed by atoms with Crippen LogP contribution in [0.5, 0.6) is 0 Å². The molecule has 1 aliphatic rings. The summed E-state index contributed by atoms with van der Waals surface area (Å²) in [5, 5.41) is -0.348. The van der Waals surface area contributed by atoms with Crippen LogP contribution in [0.2, 0.25) is 0 Å². The van der Waals surface area contributed by atoms with E-state index >= 15 is 0 Å². The molecule has 2 heterocycles. The van der Waals surface area contributed by atoms with E-state index in [0.717, 1.165) is 25.6 Å². The molecule has 1 fully saturated rings. The third-order valence-corrected chi connectivity index (χ3v) is 4.31. The predicted octanol–water partition coefficient (Wildman–Crippen LogP) is 3.57. The first-order chi connectivity index (χ1) is 9.97. The number of benzene rings is 1. The van der Waals surface area contributed by atoms with Crippen LogP contribution in [-0.2, 0) is 6.54 Å². The van der Waals surface area contributed by atoms with E-state index in [2.05, 4.69) is 16.9 Å². The smallest absolute Gasteiger partial charge is 0.184 e. The fourth-order valence-electron chi connectivity index (χ4n) is 3.10. The molecule has 0 radical (unpaired) electrons. The third kappa shape index (κ3) is 2.64. The molecule has 3 nitrogen and oxygen atoms in total. The number of hydrogen-bond acceptors (Lipinski definition) is 2. The van der Waals surface area contributed by atoms with Gasteiger partial charge in [0, 0.05) is 13.1 Å². The molecule has 0 spiro atoms. The molecule has 1 saturated heterocycles. The lowest BCUT2D eigenvalue weighted by molar-refractivity contribution is 0.376. The van der Waals surface area contributed by atoms with Crippen molar-refractivity contribution >= 4 is 22.6 Å². The Morgan fingerprint density at radius 3 is 2.81 bits per heavy atom. The van der Waals surface area contributed by atoms with Crippen LogP contribution in [0.25, 0.3) is 11.0 Å². The zero-order chi connectivity index (χ0) is 15.1. The van der Waals surface area contributed by atoms with Gasteiger partial charge in [0.2, 0.25) is 0 Å². The maximum atomic E-state index is 14.2. The van der Waals surface area contributed by atoms with Gasteiger partial charge in [-0.05, 0) is 45.0 Å². The van der Waals surface area contributed by atoms with Crippen LogP contribution in [0.4, 0.5) is 8.78 Å². The van der Waals surface area contributed by atoms with Crippen LogP contribution < -0.4 is 0 Å². The molecule has 1 aromatic carbocycles. The third-order valence-electron chi connectivity index (χ3n) is 4.11. The van der Waals surface area contributed by atoms with Gasteiger partial charge in [-0.25, -0.2) is 13.8 Å². The van der Waals surface area contributed by atoms with Crippen molar-refractivity contribution < 1.29 is 8.78 Å². The maximum Gasteiger partial charge on any atom is 0.184 e. The van der Waals surface area contributed by atoms with E-state index in [9.17, 15) is 8.78 Å². The van der Waals surface area contributed by atoms with Crippen LogP contribution in [0.15, 0.2) is 12.1 Å². The molecular formula is C15H18ClF2N3. The lowest BCUT2D eigenvalue weighted by atomic mass is 10.1. The summed E-state index contributed by atoms with van der Waals surface area (Å²) in [5.74, 6) is -0.675. The maximum absolute atomic E-state index is 14.2. The number of alkyl halides is 1. The standard InChI is InChI=1S/C15H18ClF2N3/c1-9(16)15-19-12-4-3-11(17)13(18)14(12)21(15)8-10-5-6-20(2)7-10/h3-4,9-10H,5-8H2,1-2H3. The largest absolute Gasteiger partial charge is 0.324 e. The average Bonchev–Trinajstić information content (AvgIpc) is 2.99. The van der Waals surface area contributed by atoms with Crippen molar-refractivity contribution in [3.63, 3.8) is 0 Å². The highest BCUT2D eigenvalue weighted by Crippen LogP contribution is 2.29. The van der Waals surface area contributed by atoms with Gasteiger partial charge in [-0.1, -0.05) is 0 Å². The Morgan fingerprint density at radius 1 is 1.43 bits per heavy atom. The molecule has 0 bridgehead atoms. The van der Waals surface area contributed by atoms with Crippen LogP contribution in [-0.4, -0.2) is 34.6 Å². The molecule has 0 N–H and O–H groups in total. The summed E-state index contributed by atoms with van der Waals surface area (Å²) in [4.78, 5) is 6.63. The lowest BCUT2D eigenvalue weighted by Crippen LogP contribution is -2.18. The molecular weight excluding hydrogens is 296 g/mol. The van der Waals surface area contributed by atoms with E-state index in [1.165, 1.54) is 6.07 Å². The summed E-state index contributed by atoms with van der Waals surface area (Å²) in [5.41, 5.74) is 0.690. The number of imidazole rings is 1. The van der Waals surface area contributed by atoms with Crippen LogP contribution in [0.1, 0.15) is 24.5 Å². The average molecular weight is 314 g/mol. The number of likely N-dealkylation sites (tertiary alicyclic amines) is 1. The van der Waals surface area contributed by atoms with Crippen molar-refractivity contribution in [2.24, 2.45) is 5.92 Å². The summed E-state index contributed by atoms with van der Waals surface area (Å²) >= 11 is 6.18. The summed E-state index contributed by atoms with van der Waals surface area (Å²) in [6.45, 7) is 4.40. The van der Waals surface area contributed by atoms with E-state index < -0.39 is 11.6 Å². The number of aromatic nitrogens is 2. The molecule has 0 saturated carbocycles. The highest BCUT2D eigenvalue weighted by molar-refractivity contribution is 6.20. The molecule has 1 aromatic heterocycles. The molecule has 21 heavy (non-hydrogen) atoms. The Labute approximate surface area is 127 Å². The van der Waals surface area contributed by atoms with Gasteiger partial charge in [-0.2, -0.15) is 0 Å².